The van der Waals surface area contributed by atoms with Gasteiger partial charge in [-0.2, -0.15) is 0 Å². The highest BCUT2D eigenvalue weighted by atomic mass is 16.4. The van der Waals surface area contributed by atoms with Gasteiger partial charge in [0.1, 0.15) is 0 Å². The third kappa shape index (κ3) is 4.72. The maximum Gasteiger partial charge on any atom is 0.170 e. The smallest absolute Gasteiger partial charge is 0.170 e. The molecule has 1 aliphatic heterocycles. The van der Waals surface area contributed by atoms with Gasteiger partial charge in [-0.05, 0) is 69.6 Å². The van der Waals surface area contributed by atoms with Crippen molar-refractivity contribution in [2.75, 3.05) is 26.2 Å². The molecule has 2 rings (SSSR count). The molecule has 0 saturated carbocycles. The molecular formula is C16H26N4O. The molecule has 4 N–H and O–H groups in total. The molecule has 0 unspecified atom stereocenters. The molecular weight excluding hydrogens is 264 g/mol. The first-order chi connectivity index (χ1) is 10.2. The number of benzene rings is 1. The van der Waals surface area contributed by atoms with Crippen LogP contribution in [0.5, 0.6) is 0 Å². The van der Waals surface area contributed by atoms with Crippen LogP contribution in [0.2, 0.25) is 0 Å². The van der Waals surface area contributed by atoms with E-state index in [-0.39, 0.29) is 5.84 Å². The van der Waals surface area contributed by atoms with Crippen molar-refractivity contribution in [1.29, 1.82) is 0 Å². The van der Waals surface area contributed by atoms with Crippen LogP contribution in [0.25, 0.3) is 0 Å². The lowest BCUT2D eigenvalue weighted by atomic mass is 10.0. The van der Waals surface area contributed by atoms with E-state index in [0.717, 1.165) is 24.2 Å². The van der Waals surface area contributed by atoms with Gasteiger partial charge in [0.2, 0.25) is 0 Å². The fourth-order valence-corrected chi connectivity index (χ4v) is 2.77. The van der Waals surface area contributed by atoms with Gasteiger partial charge in [-0.15, -0.1) is 0 Å². The average molecular weight is 290 g/mol. The average Bonchev–Trinajstić information content (AvgIpc) is 3.00. The Morgan fingerprint density at radius 1 is 1.38 bits per heavy atom. The zero-order chi connectivity index (χ0) is 15.1. The highest BCUT2D eigenvalue weighted by Gasteiger charge is 2.10. The van der Waals surface area contributed by atoms with E-state index in [9.17, 15) is 0 Å². The molecule has 0 amide bonds. The van der Waals surface area contributed by atoms with Gasteiger partial charge in [0.25, 0.3) is 0 Å². The van der Waals surface area contributed by atoms with Gasteiger partial charge in [0.05, 0.1) is 0 Å². The number of oxime groups is 1. The number of aryl methyl sites for hydroxylation is 1. The summed E-state index contributed by atoms with van der Waals surface area (Å²) in [5.74, 6) is 0.156. The van der Waals surface area contributed by atoms with Gasteiger partial charge >= 0.3 is 0 Å². The molecule has 0 aromatic heterocycles. The van der Waals surface area contributed by atoms with Crippen molar-refractivity contribution in [2.24, 2.45) is 10.9 Å². The summed E-state index contributed by atoms with van der Waals surface area (Å²) < 4.78 is 0. The number of hydrogen-bond donors (Lipinski definition) is 3. The number of nitrogens with one attached hydrogen (secondary N) is 1. The number of nitrogens with zero attached hydrogens (tertiary/aromatic N) is 2. The minimum Gasteiger partial charge on any atom is -0.409 e. The zero-order valence-corrected chi connectivity index (χ0v) is 12.8. The first kappa shape index (κ1) is 15.8. The van der Waals surface area contributed by atoms with Gasteiger partial charge in [-0.25, -0.2) is 0 Å². The lowest BCUT2D eigenvalue weighted by molar-refractivity contribution is 0.318. The Morgan fingerprint density at radius 2 is 2.14 bits per heavy atom. The van der Waals surface area contributed by atoms with Crippen LogP contribution in [0.15, 0.2) is 23.4 Å². The Hall–Kier alpha value is -1.59. The molecule has 5 nitrogen and oxygen atoms in total. The van der Waals surface area contributed by atoms with Crippen LogP contribution in [0.1, 0.15) is 36.0 Å². The lowest BCUT2D eigenvalue weighted by Crippen LogP contribution is -2.24. The summed E-state index contributed by atoms with van der Waals surface area (Å²) in [4.78, 5) is 2.54. The molecule has 1 aromatic rings. The molecule has 0 atom stereocenters. The first-order valence-corrected chi connectivity index (χ1v) is 7.71. The van der Waals surface area contributed by atoms with Gasteiger partial charge in [-0.3, -0.25) is 0 Å². The predicted octanol–water partition coefficient (Wildman–Crippen LogP) is 1.67. The minimum absolute atomic E-state index is 0.156. The number of likely N-dealkylation sites (tertiary alicyclic amines) is 1. The Morgan fingerprint density at radius 3 is 2.81 bits per heavy atom. The summed E-state index contributed by atoms with van der Waals surface area (Å²) in [6, 6.07) is 5.88. The summed E-state index contributed by atoms with van der Waals surface area (Å²) in [5, 5.41) is 15.2. The van der Waals surface area contributed by atoms with E-state index >= 15 is 0 Å². The van der Waals surface area contributed by atoms with Crippen LogP contribution in [0.3, 0.4) is 0 Å². The standard InChI is InChI=1S/C16H26N4O/c1-13-11-14(16(17)19-21)5-6-15(13)12-18-7-4-10-20-8-2-3-9-20/h5-6,11,18,21H,2-4,7-10,12H2,1H3,(H2,17,19). The topological polar surface area (TPSA) is 73.9 Å². The van der Waals surface area contributed by atoms with Gasteiger partial charge in [-0.1, -0.05) is 17.3 Å². The Labute approximate surface area is 126 Å². The second-order valence-electron chi connectivity index (χ2n) is 5.71. The van der Waals surface area contributed by atoms with Crippen molar-refractivity contribution in [3.63, 3.8) is 0 Å². The second kappa shape index (κ2) is 8.00. The minimum atomic E-state index is 0.156. The Bertz CT molecular complexity index is 481. The van der Waals surface area contributed by atoms with Gasteiger partial charge < -0.3 is 21.2 Å². The van der Waals surface area contributed by atoms with E-state index in [2.05, 4.69) is 22.3 Å². The maximum atomic E-state index is 8.69. The van der Waals surface area contributed by atoms with Crippen LogP contribution in [0, 0.1) is 6.92 Å². The van der Waals surface area contributed by atoms with Crippen molar-refractivity contribution in [2.45, 2.75) is 32.7 Å². The second-order valence-corrected chi connectivity index (χ2v) is 5.71. The monoisotopic (exact) mass is 290 g/mol. The molecule has 1 aromatic carbocycles. The Kier molecular flexibility index (Phi) is 6.02. The van der Waals surface area contributed by atoms with Crippen LogP contribution in [-0.4, -0.2) is 42.1 Å². The van der Waals surface area contributed by atoms with E-state index in [1.54, 1.807) is 0 Å². The Balaban J connectivity index is 1.72. The normalized spacial score (nSPS) is 16.5. The molecule has 21 heavy (non-hydrogen) atoms. The molecule has 116 valence electrons. The first-order valence-electron chi connectivity index (χ1n) is 7.71. The molecule has 1 aliphatic rings. The van der Waals surface area contributed by atoms with Crippen molar-refractivity contribution in [1.82, 2.24) is 10.2 Å². The molecule has 1 fully saturated rings. The molecule has 1 saturated heterocycles. The largest absolute Gasteiger partial charge is 0.409 e. The van der Waals surface area contributed by atoms with E-state index in [1.807, 2.05) is 18.2 Å². The van der Waals surface area contributed by atoms with E-state index < -0.39 is 0 Å². The van der Waals surface area contributed by atoms with Crippen LogP contribution < -0.4 is 11.1 Å². The molecule has 0 spiro atoms. The highest BCUT2D eigenvalue weighted by molar-refractivity contribution is 5.97. The lowest BCUT2D eigenvalue weighted by Gasteiger charge is -2.14. The van der Waals surface area contributed by atoms with Crippen molar-refractivity contribution in [3.8, 4) is 0 Å². The summed E-state index contributed by atoms with van der Waals surface area (Å²) in [6.45, 7) is 7.70. The van der Waals surface area contributed by atoms with Crippen molar-refractivity contribution in [3.05, 3.63) is 34.9 Å². The van der Waals surface area contributed by atoms with Crippen molar-refractivity contribution >= 4 is 5.84 Å². The highest BCUT2D eigenvalue weighted by Crippen LogP contribution is 2.11. The van der Waals surface area contributed by atoms with Gasteiger partial charge in [0.15, 0.2) is 5.84 Å². The quantitative estimate of drug-likeness (QED) is 0.235. The number of nitrogens with two attached hydrogens (primary N) is 1. The van der Waals surface area contributed by atoms with Crippen LogP contribution >= 0.6 is 0 Å². The number of hydrogen-bond acceptors (Lipinski definition) is 4. The molecule has 0 aliphatic carbocycles. The number of rotatable bonds is 7. The zero-order valence-electron chi connectivity index (χ0n) is 12.8. The molecule has 5 heteroatoms. The van der Waals surface area contributed by atoms with Gasteiger partial charge in [0, 0.05) is 12.1 Å². The SMILES string of the molecule is Cc1cc(/C(N)=N/O)ccc1CNCCCN1CCCC1. The fourth-order valence-electron chi connectivity index (χ4n) is 2.77. The van der Waals surface area contributed by atoms with Crippen LogP contribution in [-0.2, 0) is 6.54 Å². The summed E-state index contributed by atoms with van der Waals surface area (Å²) in [7, 11) is 0. The third-order valence-electron chi connectivity index (χ3n) is 4.09. The third-order valence-corrected chi connectivity index (χ3v) is 4.09. The predicted molar refractivity (Wildman–Crippen MR) is 85.7 cm³/mol. The van der Waals surface area contributed by atoms with Crippen LogP contribution in [0.4, 0.5) is 0 Å². The van der Waals surface area contributed by atoms with E-state index in [1.165, 1.54) is 44.5 Å². The van der Waals surface area contributed by atoms with E-state index in [4.69, 9.17) is 10.9 Å². The molecule has 1 heterocycles. The molecule has 0 bridgehead atoms. The number of amidine groups is 1. The van der Waals surface area contributed by atoms with Crippen molar-refractivity contribution < 1.29 is 5.21 Å². The maximum absolute atomic E-state index is 8.69. The van der Waals surface area contributed by atoms with E-state index in [0.29, 0.717) is 0 Å². The summed E-state index contributed by atoms with van der Waals surface area (Å²) in [6.07, 6.45) is 3.92. The molecule has 0 radical (unpaired) electrons. The summed E-state index contributed by atoms with van der Waals surface area (Å²) in [5.41, 5.74) is 8.76. The summed E-state index contributed by atoms with van der Waals surface area (Å²) >= 11 is 0. The fraction of sp³-hybridized carbons (Fsp3) is 0.562.